The van der Waals surface area contributed by atoms with Gasteiger partial charge in [0.2, 0.25) is 11.8 Å². The Labute approximate surface area is 128 Å². The fraction of sp³-hybridized carbons (Fsp3) is 0.471. The summed E-state index contributed by atoms with van der Waals surface area (Å²) < 4.78 is 28.5. The standard InChI is InChI=1S/C17H20F2N2O/c1-3-11-10-21(2)15-5-4-13(8-14(11)15)20-16(22)12-6-7-17(18,19)9-12/h4-5,8,10,12H,3,6-7,9H2,1-2H3,(H,20,22). The molecule has 1 N–H and O–H groups in total. The second kappa shape index (κ2) is 5.38. The van der Waals surface area contributed by atoms with Crippen molar-refractivity contribution in [2.75, 3.05) is 5.32 Å². The number of rotatable bonds is 3. The number of nitrogens with one attached hydrogen (secondary N) is 1. The number of carbonyl (C=O) groups excluding carboxylic acids is 1. The zero-order valence-corrected chi connectivity index (χ0v) is 12.8. The maximum absolute atomic E-state index is 13.2. The lowest BCUT2D eigenvalue weighted by Gasteiger charge is -2.12. The first-order valence-electron chi connectivity index (χ1n) is 7.66. The topological polar surface area (TPSA) is 34.0 Å². The van der Waals surface area contributed by atoms with Gasteiger partial charge in [0.1, 0.15) is 0 Å². The highest BCUT2D eigenvalue weighted by atomic mass is 19.3. The lowest BCUT2D eigenvalue weighted by atomic mass is 10.1. The molecule has 0 aliphatic heterocycles. The Kier molecular flexibility index (Phi) is 3.67. The zero-order chi connectivity index (χ0) is 15.9. The van der Waals surface area contributed by atoms with Crippen molar-refractivity contribution in [2.24, 2.45) is 13.0 Å². The summed E-state index contributed by atoms with van der Waals surface area (Å²) in [6, 6.07) is 5.71. The molecule has 1 fully saturated rings. The maximum atomic E-state index is 13.2. The minimum absolute atomic E-state index is 0.192. The van der Waals surface area contributed by atoms with Crippen molar-refractivity contribution in [1.82, 2.24) is 4.57 Å². The largest absolute Gasteiger partial charge is 0.350 e. The smallest absolute Gasteiger partial charge is 0.248 e. The number of fused-ring (bicyclic) bond motifs is 1. The molecule has 1 aromatic heterocycles. The highest BCUT2D eigenvalue weighted by Gasteiger charge is 2.42. The summed E-state index contributed by atoms with van der Waals surface area (Å²) in [4.78, 5) is 12.1. The second-order valence-electron chi connectivity index (χ2n) is 6.14. The number of hydrogen-bond donors (Lipinski definition) is 1. The third kappa shape index (κ3) is 2.72. The lowest BCUT2D eigenvalue weighted by Crippen LogP contribution is -2.22. The number of amides is 1. The number of alkyl halides is 2. The van der Waals surface area contributed by atoms with Crippen LogP contribution in [0.3, 0.4) is 0 Å². The van der Waals surface area contributed by atoms with E-state index in [1.165, 1.54) is 5.56 Å². The van der Waals surface area contributed by atoms with Gasteiger partial charge in [-0.1, -0.05) is 6.92 Å². The number of benzene rings is 1. The molecule has 0 spiro atoms. The first kappa shape index (κ1) is 15.0. The molecule has 5 heteroatoms. The fourth-order valence-corrected chi connectivity index (χ4v) is 3.25. The Hall–Kier alpha value is -1.91. The molecule has 22 heavy (non-hydrogen) atoms. The lowest BCUT2D eigenvalue weighted by molar-refractivity contribution is -0.120. The predicted octanol–water partition coefficient (Wildman–Crippen LogP) is 4.11. The van der Waals surface area contributed by atoms with Crippen LogP contribution >= 0.6 is 0 Å². The van der Waals surface area contributed by atoms with Crippen LogP contribution in [0, 0.1) is 5.92 Å². The number of aromatic nitrogens is 1. The molecule has 1 unspecified atom stereocenters. The summed E-state index contributed by atoms with van der Waals surface area (Å²) in [5.74, 6) is -3.58. The molecule has 0 radical (unpaired) electrons. The minimum atomic E-state index is -2.69. The number of hydrogen-bond acceptors (Lipinski definition) is 1. The van der Waals surface area contributed by atoms with Crippen molar-refractivity contribution in [2.45, 2.75) is 38.5 Å². The van der Waals surface area contributed by atoms with E-state index in [0.29, 0.717) is 5.69 Å². The molecule has 3 rings (SSSR count). The number of aryl methyl sites for hydroxylation is 2. The van der Waals surface area contributed by atoms with Crippen molar-refractivity contribution >= 4 is 22.5 Å². The van der Waals surface area contributed by atoms with Crippen LogP contribution in [0.1, 0.15) is 31.7 Å². The maximum Gasteiger partial charge on any atom is 0.248 e. The van der Waals surface area contributed by atoms with Crippen LogP contribution in [0.15, 0.2) is 24.4 Å². The van der Waals surface area contributed by atoms with Gasteiger partial charge in [0.15, 0.2) is 0 Å². The highest BCUT2D eigenvalue weighted by Crippen LogP contribution is 2.39. The van der Waals surface area contributed by atoms with Crippen LogP contribution in [0.5, 0.6) is 0 Å². The Bertz CT molecular complexity index is 721. The van der Waals surface area contributed by atoms with Gasteiger partial charge in [0, 0.05) is 48.6 Å². The quantitative estimate of drug-likeness (QED) is 0.909. The summed E-state index contributed by atoms with van der Waals surface area (Å²) in [6.07, 6.45) is 2.71. The van der Waals surface area contributed by atoms with Crippen LogP contribution in [0.25, 0.3) is 10.9 Å². The average Bonchev–Trinajstić information content (AvgIpc) is 2.99. The third-order valence-electron chi connectivity index (χ3n) is 4.49. The van der Waals surface area contributed by atoms with E-state index < -0.39 is 11.8 Å². The van der Waals surface area contributed by atoms with Gasteiger partial charge in [-0.15, -0.1) is 0 Å². The van der Waals surface area contributed by atoms with Crippen molar-refractivity contribution < 1.29 is 13.6 Å². The van der Waals surface area contributed by atoms with Gasteiger partial charge in [-0.05, 0) is 36.6 Å². The van der Waals surface area contributed by atoms with Crippen LogP contribution in [-0.4, -0.2) is 16.4 Å². The molecule has 1 atom stereocenters. The molecule has 1 aliphatic carbocycles. The van der Waals surface area contributed by atoms with E-state index in [1.54, 1.807) is 0 Å². The Balaban J connectivity index is 1.81. The summed E-state index contributed by atoms with van der Waals surface area (Å²) in [7, 11) is 1.99. The molecular weight excluding hydrogens is 286 g/mol. The fourth-order valence-electron chi connectivity index (χ4n) is 3.25. The Morgan fingerprint density at radius 3 is 2.86 bits per heavy atom. The van der Waals surface area contributed by atoms with E-state index >= 15 is 0 Å². The molecule has 1 aliphatic rings. The number of halogens is 2. The summed E-state index contributed by atoms with van der Waals surface area (Å²) in [5, 5.41) is 3.89. The average molecular weight is 306 g/mol. The Morgan fingerprint density at radius 1 is 1.45 bits per heavy atom. The Morgan fingerprint density at radius 2 is 2.23 bits per heavy atom. The summed E-state index contributed by atoms with van der Waals surface area (Å²) >= 11 is 0. The molecular formula is C17H20F2N2O. The van der Waals surface area contributed by atoms with Crippen molar-refractivity contribution in [3.05, 3.63) is 30.0 Å². The third-order valence-corrected chi connectivity index (χ3v) is 4.49. The van der Waals surface area contributed by atoms with E-state index in [-0.39, 0.29) is 25.2 Å². The normalized spacial score (nSPS) is 20.5. The minimum Gasteiger partial charge on any atom is -0.350 e. The molecule has 1 aromatic carbocycles. The van der Waals surface area contributed by atoms with E-state index in [9.17, 15) is 13.6 Å². The molecule has 118 valence electrons. The van der Waals surface area contributed by atoms with Crippen LogP contribution < -0.4 is 5.32 Å². The second-order valence-corrected chi connectivity index (χ2v) is 6.14. The van der Waals surface area contributed by atoms with Crippen molar-refractivity contribution in [1.29, 1.82) is 0 Å². The van der Waals surface area contributed by atoms with Gasteiger partial charge >= 0.3 is 0 Å². The number of carbonyl (C=O) groups is 1. The van der Waals surface area contributed by atoms with Gasteiger partial charge < -0.3 is 9.88 Å². The molecule has 0 saturated heterocycles. The van der Waals surface area contributed by atoms with Gasteiger partial charge in [-0.3, -0.25) is 4.79 Å². The predicted molar refractivity (Wildman–Crippen MR) is 83.2 cm³/mol. The SMILES string of the molecule is CCc1cn(C)c2ccc(NC(=O)C3CCC(F)(F)C3)cc12. The van der Waals surface area contributed by atoms with Crippen molar-refractivity contribution in [3.63, 3.8) is 0 Å². The first-order valence-corrected chi connectivity index (χ1v) is 7.66. The molecule has 1 saturated carbocycles. The summed E-state index contributed by atoms with van der Waals surface area (Å²) in [6.45, 7) is 2.08. The van der Waals surface area contributed by atoms with E-state index in [0.717, 1.165) is 17.3 Å². The van der Waals surface area contributed by atoms with Gasteiger partial charge in [0.05, 0.1) is 0 Å². The highest BCUT2D eigenvalue weighted by molar-refractivity contribution is 5.96. The molecule has 1 amide bonds. The molecule has 3 nitrogen and oxygen atoms in total. The molecule has 0 bridgehead atoms. The molecule has 2 aromatic rings. The van der Waals surface area contributed by atoms with E-state index in [4.69, 9.17) is 0 Å². The van der Waals surface area contributed by atoms with Crippen LogP contribution in [0.4, 0.5) is 14.5 Å². The van der Waals surface area contributed by atoms with Gasteiger partial charge in [-0.2, -0.15) is 0 Å². The van der Waals surface area contributed by atoms with Gasteiger partial charge in [-0.25, -0.2) is 8.78 Å². The van der Waals surface area contributed by atoms with Crippen molar-refractivity contribution in [3.8, 4) is 0 Å². The van der Waals surface area contributed by atoms with Crippen LogP contribution in [-0.2, 0) is 18.3 Å². The van der Waals surface area contributed by atoms with E-state index in [1.807, 2.05) is 25.2 Å². The van der Waals surface area contributed by atoms with Gasteiger partial charge in [0.25, 0.3) is 0 Å². The van der Waals surface area contributed by atoms with E-state index in [2.05, 4.69) is 23.0 Å². The monoisotopic (exact) mass is 306 g/mol. The molecule has 1 heterocycles. The zero-order valence-electron chi connectivity index (χ0n) is 12.8. The number of anilines is 1. The first-order chi connectivity index (χ1) is 10.4. The number of nitrogens with zero attached hydrogens (tertiary/aromatic N) is 1. The van der Waals surface area contributed by atoms with Crippen LogP contribution in [0.2, 0.25) is 0 Å². The summed E-state index contributed by atoms with van der Waals surface area (Å²) in [5.41, 5.74) is 2.98.